The Labute approximate surface area is 221 Å². The second-order valence-corrected chi connectivity index (χ2v) is 9.36. The summed E-state index contributed by atoms with van der Waals surface area (Å²) in [7, 11) is 0. The minimum absolute atomic E-state index is 0.0362. The predicted octanol–water partition coefficient (Wildman–Crippen LogP) is 1.44. The highest BCUT2D eigenvalue weighted by Crippen LogP contribution is 2.32. The smallest absolute Gasteiger partial charge is 0.306 e. The predicted molar refractivity (Wildman–Crippen MR) is 136 cm³/mol. The molecule has 0 aromatic rings. The van der Waals surface area contributed by atoms with E-state index in [9.17, 15) is 35.1 Å². The molecule has 1 saturated heterocycles. The highest BCUT2D eigenvalue weighted by molar-refractivity contribution is 5.90. The molecule has 0 aromatic heterocycles. The SMILES string of the molecule is [2H]C(O)C(O)C(=O)C1(O)O[C@H](CO)[C@H](O)[C@H](OC(=O)CCCCCCCC=CCC=CCCCCC)[C@H]1O. The number of Topliss-reactive ketones (excluding diaryl/α,β-unsaturated/α-hetero) is 1. The fourth-order valence-corrected chi connectivity index (χ4v) is 4.05. The van der Waals surface area contributed by atoms with Crippen molar-refractivity contribution >= 4 is 11.8 Å². The minimum atomic E-state index is -3.22. The summed E-state index contributed by atoms with van der Waals surface area (Å²) in [5.41, 5.74) is 0. The van der Waals surface area contributed by atoms with Gasteiger partial charge in [0, 0.05) is 6.42 Å². The molecule has 0 saturated carbocycles. The maximum Gasteiger partial charge on any atom is 0.306 e. The van der Waals surface area contributed by atoms with Crippen molar-refractivity contribution in [1.29, 1.82) is 0 Å². The van der Waals surface area contributed by atoms with Gasteiger partial charge in [0.15, 0.2) is 12.2 Å². The van der Waals surface area contributed by atoms with Gasteiger partial charge in [-0.25, -0.2) is 0 Å². The van der Waals surface area contributed by atoms with E-state index in [1.54, 1.807) is 0 Å². The minimum Gasteiger partial charge on any atom is -0.456 e. The number of hydrogen-bond donors (Lipinski definition) is 6. The molecule has 1 aliphatic heterocycles. The van der Waals surface area contributed by atoms with E-state index in [0.717, 1.165) is 44.9 Å². The third-order valence-corrected chi connectivity index (χ3v) is 6.30. The van der Waals surface area contributed by atoms with Gasteiger partial charge < -0.3 is 40.1 Å². The van der Waals surface area contributed by atoms with Crippen LogP contribution < -0.4 is 0 Å². The van der Waals surface area contributed by atoms with Crippen LogP contribution in [0.5, 0.6) is 0 Å². The van der Waals surface area contributed by atoms with Crippen LogP contribution in [0.2, 0.25) is 0 Å². The Morgan fingerprint density at radius 3 is 2.19 bits per heavy atom. The van der Waals surface area contributed by atoms with E-state index >= 15 is 0 Å². The summed E-state index contributed by atoms with van der Waals surface area (Å²) in [6.45, 7) is -1.07. The zero-order valence-corrected chi connectivity index (χ0v) is 21.8. The van der Waals surface area contributed by atoms with Crippen LogP contribution in [0.25, 0.3) is 0 Å². The first-order valence-electron chi connectivity index (χ1n) is 13.9. The number of hydrogen-bond acceptors (Lipinski definition) is 10. The molecule has 0 amide bonds. The summed E-state index contributed by atoms with van der Waals surface area (Å²) in [5.74, 6) is -5.70. The third-order valence-electron chi connectivity index (χ3n) is 6.30. The number of carbonyl (C=O) groups is 2. The molecule has 0 aromatic carbocycles. The third kappa shape index (κ3) is 11.3. The first-order chi connectivity index (χ1) is 18.1. The lowest BCUT2D eigenvalue weighted by Gasteiger charge is -2.45. The van der Waals surface area contributed by atoms with Crippen LogP contribution in [0.4, 0.5) is 0 Å². The molecule has 214 valence electrons. The van der Waals surface area contributed by atoms with Crippen molar-refractivity contribution in [1.82, 2.24) is 0 Å². The van der Waals surface area contributed by atoms with Crippen molar-refractivity contribution in [2.24, 2.45) is 0 Å². The Hall–Kier alpha value is -1.66. The standard InChI is InChI=1S/C27H46O10/c1-2-3-4-5-6-7-8-9-10-11-12-13-14-15-16-17-22(31)36-24-23(32)21(19-29)37-27(35,26(24)34)25(33)20(30)18-28/h6-7,9-10,20-21,23-24,26,28-30,32,34-35H,2-5,8,11-19H2,1H3/t20?,21-,23+,24+,26-,27?/m1/s1/i18D/t18?,20?,21-,23+,24+,26-,27?. The molecule has 37 heavy (non-hydrogen) atoms. The molecule has 6 N–H and O–H groups in total. The van der Waals surface area contributed by atoms with Gasteiger partial charge in [0.2, 0.25) is 5.78 Å². The number of aliphatic hydroxyl groups is 6. The number of ether oxygens (including phenoxy) is 2. The van der Waals surface area contributed by atoms with Crippen LogP contribution >= 0.6 is 0 Å². The molecule has 1 rings (SSSR count). The molecule has 3 unspecified atom stereocenters. The number of rotatable bonds is 19. The van der Waals surface area contributed by atoms with E-state index in [-0.39, 0.29) is 6.42 Å². The first-order valence-corrected chi connectivity index (χ1v) is 13.3. The lowest BCUT2D eigenvalue weighted by Crippen LogP contribution is -2.70. The topological polar surface area (TPSA) is 174 Å². The highest BCUT2D eigenvalue weighted by Gasteiger charge is 2.59. The van der Waals surface area contributed by atoms with Crippen molar-refractivity contribution in [3.8, 4) is 0 Å². The van der Waals surface area contributed by atoms with Gasteiger partial charge in [-0.15, -0.1) is 0 Å². The number of ketones is 1. The van der Waals surface area contributed by atoms with Crippen LogP contribution in [0.15, 0.2) is 24.3 Å². The molecule has 10 nitrogen and oxygen atoms in total. The summed E-state index contributed by atoms with van der Waals surface area (Å²) in [6, 6.07) is 0. The Morgan fingerprint density at radius 1 is 1.00 bits per heavy atom. The quantitative estimate of drug-likeness (QED) is 0.0813. The fourth-order valence-electron chi connectivity index (χ4n) is 4.05. The largest absolute Gasteiger partial charge is 0.456 e. The Bertz CT molecular complexity index is 743. The monoisotopic (exact) mass is 531 g/mol. The van der Waals surface area contributed by atoms with Crippen LogP contribution in [0.1, 0.15) is 85.3 Å². The number of carbonyl (C=O) groups excluding carboxylic acids is 2. The summed E-state index contributed by atoms with van der Waals surface area (Å²) in [4.78, 5) is 24.6. The molecule has 1 fully saturated rings. The van der Waals surface area contributed by atoms with Gasteiger partial charge in [-0.1, -0.05) is 63.3 Å². The Morgan fingerprint density at radius 2 is 1.59 bits per heavy atom. The van der Waals surface area contributed by atoms with Crippen molar-refractivity contribution in [3.63, 3.8) is 0 Å². The average molecular weight is 532 g/mol. The van der Waals surface area contributed by atoms with Crippen molar-refractivity contribution < 1.29 is 51.1 Å². The first kappa shape index (κ1) is 31.6. The molecule has 0 radical (unpaired) electrons. The van der Waals surface area contributed by atoms with E-state index in [1.807, 2.05) is 0 Å². The van der Waals surface area contributed by atoms with E-state index in [1.165, 1.54) is 19.3 Å². The highest BCUT2D eigenvalue weighted by atomic mass is 16.7. The van der Waals surface area contributed by atoms with Crippen molar-refractivity contribution in [2.45, 2.75) is 120 Å². The lowest BCUT2D eigenvalue weighted by atomic mass is 9.88. The number of unbranched alkanes of at least 4 members (excludes halogenated alkanes) is 8. The van der Waals surface area contributed by atoms with Crippen LogP contribution in [0, 0.1) is 0 Å². The van der Waals surface area contributed by atoms with Gasteiger partial charge in [0.1, 0.15) is 18.3 Å². The maximum atomic E-state index is 12.3. The molecule has 0 bridgehead atoms. The molecule has 10 heteroatoms. The summed E-state index contributed by atoms with van der Waals surface area (Å²) < 4.78 is 17.0. The molecule has 0 aliphatic carbocycles. The average Bonchev–Trinajstić information content (AvgIpc) is 2.89. The Balaban J connectivity index is 2.38. The summed E-state index contributed by atoms with van der Waals surface area (Å²) >= 11 is 0. The molecule has 1 aliphatic rings. The van der Waals surface area contributed by atoms with Crippen LogP contribution in [-0.4, -0.2) is 91.9 Å². The lowest BCUT2D eigenvalue weighted by molar-refractivity contribution is -0.334. The number of esters is 1. The van der Waals surface area contributed by atoms with Gasteiger partial charge in [0.25, 0.3) is 5.79 Å². The zero-order chi connectivity index (χ0) is 28.6. The second-order valence-electron chi connectivity index (χ2n) is 9.36. The Kier molecular flexibility index (Phi) is 15.8. The van der Waals surface area contributed by atoms with Gasteiger partial charge in [-0.05, 0) is 38.5 Å². The van der Waals surface area contributed by atoms with E-state index < -0.39 is 61.2 Å². The van der Waals surface area contributed by atoms with Crippen molar-refractivity contribution in [3.05, 3.63) is 24.3 Å². The molecule has 0 spiro atoms. The normalized spacial score (nSPS) is 28.4. The maximum absolute atomic E-state index is 12.3. The molecule has 1 heterocycles. The fraction of sp³-hybridized carbons (Fsp3) is 0.778. The van der Waals surface area contributed by atoms with E-state index in [4.69, 9.17) is 16.0 Å². The van der Waals surface area contributed by atoms with Crippen LogP contribution in [-0.2, 0) is 19.1 Å². The van der Waals surface area contributed by atoms with Crippen molar-refractivity contribution in [2.75, 3.05) is 13.2 Å². The van der Waals surface area contributed by atoms with E-state index in [0.29, 0.717) is 6.42 Å². The number of aliphatic hydroxyl groups excluding tert-OH is 5. The van der Waals surface area contributed by atoms with E-state index in [2.05, 4.69) is 31.2 Å². The van der Waals surface area contributed by atoms with Crippen LogP contribution in [0.3, 0.4) is 0 Å². The molecule has 7 atom stereocenters. The van der Waals surface area contributed by atoms with Gasteiger partial charge >= 0.3 is 5.97 Å². The zero-order valence-electron chi connectivity index (χ0n) is 22.8. The summed E-state index contributed by atoms with van der Waals surface area (Å²) in [6.07, 6.45) is 9.68. The second kappa shape index (κ2) is 18.6. The molecular weight excluding hydrogens is 484 g/mol. The van der Waals surface area contributed by atoms with Gasteiger partial charge in [-0.3, -0.25) is 9.59 Å². The number of allylic oxidation sites excluding steroid dienone is 4. The van der Waals surface area contributed by atoms with Gasteiger partial charge in [-0.2, -0.15) is 0 Å². The van der Waals surface area contributed by atoms with Gasteiger partial charge in [0.05, 0.1) is 14.6 Å². The molecular formula is C27H46O10. The summed E-state index contributed by atoms with van der Waals surface area (Å²) in [5, 5.41) is 59.5.